The molecule has 0 amide bonds. The zero-order valence-electron chi connectivity index (χ0n) is 12.4. The molecule has 0 atom stereocenters. The van der Waals surface area contributed by atoms with Gasteiger partial charge in [0.1, 0.15) is 19.0 Å². The van der Waals surface area contributed by atoms with Crippen molar-refractivity contribution in [2.75, 3.05) is 19.1 Å². The number of ether oxygens (including phenoxy) is 2. The fourth-order valence-electron chi connectivity index (χ4n) is 2.70. The Morgan fingerprint density at radius 3 is 2.74 bits per heavy atom. The Morgan fingerprint density at radius 2 is 1.87 bits per heavy atom. The molecule has 0 saturated carbocycles. The first-order chi connectivity index (χ1) is 11.2. The molecule has 6 nitrogen and oxygen atoms in total. The molecule has 0 bridgehead atoms. The summed E-state index contributed by atoms with van der Waals surface area (Å²) in [7, 11) is 0. The summed E-state index contributed by atoms with van der Waals surface area (Å²) in [4.78, 5) is 16.8. The fraction of sp³-hybridized carbons (Fsp3) is 0.176. The highest BCUT2D eigenvalue weighted by molar-refractivity contribution is 5.77. The predicted octanol–water partition coefficient (Wildman–Crippen LogP) is 1.47. The number of para-hydroxylation sites is 1. The second-order valence-corrected chi connectivity index (χ2v) is 5.38. The third-order valence-electron chi connectivity index (χ3n) is 3.85. The van der Waals surface area contributed by atoms with E-state index in [1.165, 1.54) is 0 Å². The van der Waals surface area contributed by atoms with Crippen LogP contribution >= 0.6 is 0 Å². The molecule has 1 aromatic heterocycles. The Labute approximate surface area is 132 Å². The van der Waals surface area contributed by atoms with E-state index in [0.29, 0.717) is 42.1 Å². The highest BCUT2D eigenvalue weighted by atomic mass is 16.6. The standard InChI is InChI=1S/C17H15N3O3/c18-20-16(19-13-4-2-1-3-12(13)17(20)21)10-11-5-6-14-15(9-11)23-8-7-22-14/h1-6,9H,7-8,10,18H2. The van der Waals surface area contributed by atoms with Crippen molar-refractivity contribution in [3.05, 3.63) is 64.2 Å². The average molecular weight is 309 g/mol. The Hall–Kier alpha value is -3.02. The first kappa shape index (κ1) is 13.6. The molecule has 2 heterocycles. The lowest BCUT2D eigenvalue weighted by atomic mass is 10.1. The lowest BCUT2D eigenvalue weighted by molar-refractivity contribution is 0.171. The number of aromatic nitrogens is 2. The largest absolute Gasteiger partial charge is 0.486 e. The van der Waals surface area contributed by atoms with Crippen molar-refractivity contribution in [1.29, 1.82) is 0 Å². The summed E-state index contributed by atoms with van der Waals surface area (Å²) >= 11 is 0. The second-order valence-electron chi connectivity index (χ2n) is 5.38. The van der Waals surface area contributed by atoms with Crippen molar-refractivity contribution >= 4 is 10.9 Å². The number of nitrogens with two attached hydrogens (primary N) is 1. The van der Waals surface area contributed by atoms with E-state index >= 15 is 0 Å². The monoisotopic (exact) mass is 309 g/mol. The van der Waals surface area contributed by atoms with Crippen LogP contribution in [0.4, 0.5) is 0 Å². The van der Waals surface area contributed by atoms with Crippen molar-refractivity contribution < 1.29 is 9.47 Å². The van der Waals surface area contributed by atoms with Gasteiger partial charge < -0.3 is 15.3 Å². The third-order valence-corrected chi connectivity index (χ3v) is 3.85. The molecule has 0 spiro atoms. The molecule has 3 aromatic rings. The van der Waals surface area contributed by atoms with Gasteiger partial charge >= 0.3 is 0 Å². The van der Waals surface area contributed by atoms with Crippen molar-refractivity contribution in [2.45, 2.75) is 6.42 Å². The summed E-state index contributed by atoms with van der Waals surface area (Å²) in [5.41, 5.74) is 1.35. The van der Waals surface area contributed by atoms with Crippen molar-refractivity contribution in [3.8, 4) is 11.5 Å². The Balaban J connectivity index is 1.75. The van der Waals surface area contributed by atoms with E-state index in [-0.39, 0.29) is 5.56 Å². The topological polar surface area (TPSA) is 79.4 Å². The lowest BCUT2D eigenvalue weighted by Crippen LogP contribution is -2.31. The van der Waals surface area contributed by atoms with Gasteiger partial charge in [0.25, 0.3) is 5.56 Å². The maximum Gasteiger partial charge on any atom is 0.279 e. The number of rotatable bonds is 2. The van der Waals surface area contributed by atoms with Crippen LogP contribution in [0, 0.1) is 0 Å². The van der Waals surface area contributed by atoms with Gasteiger partial charge in [-0.1, -0.05) is 18.2 Å². The molecule has 6 heteroatoms. The van der Waals surface area contributed by atoms with E-state index < -0.39 is 0 Å². The van der Waals surface area contributed by atoms with Gasteiger partial charge in [0.15, 0.2) is 11.5 Å². The summed E-state index contributed by atoms with van der Waals surface area (Å²) in [5.74, 6) is 7.87. The molecule has 0 unspecified atom stereocenters. The van der Waals surface area contributed by atoms with Crippen LogP contribution in [0.1, 0.15) is 11.4 Å². The van der Waals surface area contributed by atoms with Crippen LogP contribution in [0.5, 0.6) is 11.5 Å². The number of nitrogens with zero attached hydrogens (tertiary/aromatic N) is 2. The van der Waals surface area contributed by atoms with Gasteiger partial charge in [-0.3, -0.25) is 4.79 Å². The highest BCUT2D eigenvalue weighted by Gasteiger charge is 2.14. The molecule has 4 rings (SSSR count). The number of fused-ring (bicyclic) bond motifs is 2. The molecule has 116 valence electrons. The number of hydrogen-bond acceptors (Lipinski definition) is 5. The normalized spacial score (nSPS) is 13.2. The van der Waals surface area contributed by atoms with Crippen LogP contribution in [0.15, 0.2) is 47.3 Å². The third kappa shape index (κ3) is 2.38. The first-order valence-electron chi connectivity index (χ1n) is 7.36. The minimum absolute atomic E-state index is 0.247. The Bertz CT molecular complexity index is 949. The van der Waals surface area contributed by atoms with E-state index in [9.17, 15) is 4.79 Å². The Morgan fingerprint density at radius 1 is 1.09 bits per heavy atom. The van der Waals surface area contributed by atoms with Crippen molar-refractivity contribution in [3.63, 3.8) is 0 Å². The zero-order chi connectivity index (χ0) is 15.8. The number of nitrogen functional groups attached to an aromatic ring is 1. The van der Waals surface area contributed by atoms with Crippen LogP contribution in [0.25, 0.3) is 10.9 Å². The fourth-order valence-corrected chi connectivity index (χ4v) is 2.70. The molecule has 0 aliphatic carbocycles. The molecule has 23 heavy (non-hydrogen) atoms. The predicted molar refractivity (Wildman–Crippen MR) is 86.4 cm³/mol. The van der Waals surface area contributed by atoms with Gasteiger partial charge in [-0.15, -0.1) is 0 Å². The van der Waals surface area contributed by atoms with Crippen LogP contribution in [0.3, 0.4) is 0 Å². The van der Waals surface area contributed by atoms with Crippen LogP contribution < -0.4 is 20.9 Å². The summed E-state index contributed by atoms with van der Waals surface area (Å²) < 4.78 is 12.2. The smallest absolute Gasteiger partial charge is 0.279 e. The van der Waals surface area contributed by atoms with E-state index in [4.69, 9.17) is 15.3 Å². The molecule has 1 aliphatic rings. The molecule has 0 saturated heterocycles. The molecular weight excluding hydrogens is 294 g/mol. The minimum atomic E-state index is -0.247. The second kappa shape index (κ2) is 5.31. The molecule has 1 aliphatic heterocycles. The van der Waals surface area contributed by atoms with E-state index in [1.807, 2.05) is 30.3 Å². The molecule has 0 fully saturated rings. The minimum Gasteiger partial charge on any atom is -0.486 e. The van der Waals surface area contributed by atoms with Gasteiger partial charge in [-0.2, -0.15) is 0 Å². The SMILES string of the molecule is Nn1c(Cc2ccc3c(c2)OCCO3)nc2ccccc2c1=O. The van der Waals surface area contributed by atoms with Crippen molar-refractivity contribution in [2.24, 2.45) is 0 Å². The molecule has 0 radical (unpaired) electrons. The molecule has 2 N–H and O–H groups in total. The van der Waals surface area contributed by atoms with E-state index in [0.717, 1.165) is 16.0 Å². The summed E-state index contributed by atoms with van der Waals surface area (Å²) in [6, 6.07) is 12.9. The van der Waals surface area contributed by atoms with Crippen LogP contribution in [-0.2, 0) is 6.42 Å². The molecule has 2 aromatic carbocycles. The zero-order valence-corrected chi connectivity index (χ0v) is 12.4. The van der Waals surface area contributed by atoms with Crippen molar-refractivity contribution in [1.82, 2.24) is 9.66 Å². The van der Waals surface area contributed by atoms with Gasteiger partial charge in [0.05, 0.1) is 10.9 Å². The van der Waals surface area contributed by atoms with E-state index in [1.54, 1.807) is 12.1 Å². The quantitative estimate of drug-likeness (QED) is 0.725. The van der Waals surface area contributed by atoms with Crippen LogP contribution in [0.2, 0.25) is 0 Å². The molecular formula is C17H15N3O3. The average Bonchev–Trinajstić information content (AvgIpc) is 2.59. The van der Waals surface area contributed by atoms with Gasteiger partial charge in [0.2, 0.25) is 0 Å². The first-order valence-corrected chi connectivity index (χ1v) is 7.36. The Kier molecular flexibility index (Phi) is 3.15. The summed E-state index contributed by atoms with van der Waals surface area (Å²) in [6.45, 7) is 1.09. The number of benzene rings is 2. The highest BCUT2D eigenvalue weighted by Crippen LogP contribution is 2.31. The van der Waals surface area contributed by atoms with Crippen LogP contribution in [-0.4, -0.2) is 22.9 Å². The van der Waals surface area contributed by atoms with E-state index in [2.05, 4.69) is 4.98 Å². The van der Waals surface area contributed by atoms with Gasteiger partial charge in [-0.25, -0.2) is 9.66 Å². The lowest BCUT2D eigenvalue weighted by Gasteiger charge is -2.19. The number of hydrogen-bond donors (Lipinski definition) is 1. The van der Waals surface area contributed by atoms with Gasteiger partial charge in [-0.05, 0) is 29.8 Å². The summed E-state index contributed by atoms with van der Waals surface area (Å²) in [6.07, 6.45) is 0.438. The maximum absolute atomic E-state index is 12.3. The van der Waals surface area contributed by atoms with Gasteiger partial charge in [0, 0.05) is 6.42 Å². The summed E-state index contributed by atoms with van der Waals surface area (Å²) in [5, 5.41) is 0.515. The maximum atomic E-state index is 12.3.